The molecule has 0 radical (unpaired) electrons. The SMILES string of the molecule is CC(C)(C)CC(Cc1cccnc1)NN. The summed E-state index contributed by atoms with van der Waals surface area (Å²) in [6, 6.07) is 4.36. The maximum absolute atomic E-state index is 5.56. The van der Waals surface area contributed by atoms with Crippen LogP contribution in [0.5, 0.6) is 0 Å². The van der Waals surface area contributed by atoms with Gasteiger partial charge in [0.15, 0.2) is 0 Å². The van der Waals surface area contributed by atoms with Crippen molar-refractivity contribution in [1.82, 2.24) is 10.4 Å². The lowest BCUT2D eigenvalue weighted by Crippen LogP contribution is -2.39. The van der Waals surface area contributed by atoms with Crippen LogP contribution < -0.4 is 11.3 Å². The average Bonchev–Trinajstić information content (AvgIpc) is 2.16. The van der Waals surface area contributed by atoms with E-state index in [4.69, 9.17) is 5.84 Å². The Labute approximate surface area is 92.1 Å². The number of hydrazine groups is 1. The van der Waals surface area contributed by atoms with Gasteiger partial charge >= 0.3 is 0 Å². The molecule has 0 amide bonds. The van der Waals surface area contributed by atoms with E-state index in [-0.39, 0.29) is 0 Å². The summed E-state index contributed by atoms with van der Waals surface area (Å²) in [6.45, 7) is 6.67. The second kappa shape index (κ2) is 5.24. The molecule has 1 rings (SSSR count). The van der Waals surface area contributed by atoms with Crippen molar-refractivity contribution < 1.29 is 0 Å². The highest BCUT2D eigenvalue weighted by Crippen LogP contribution is 2.22. The normalized spacial score (nSPS) is 13.9. The molecule has 0 aliphatic heterocycles. The quantitative estimate of drug-likeness (QED) is 0.585. The van der Waals surface area contributed by atoms with E-state index in [1.165, 1.54) is 5.56 Å². The van der Waals surface area contributed by atoms with Crippen LogP contribution in [0.3, 0.4) is 0 Å². The van der Waals surface area contributed by atoms with Crippen molar-refractivity contribution in [3.05, 3.63) is 30.1 Å². The molecule has 1 aromatic rings. The second-order valence-electron chi connectivity index (χ2n) is 5.19. The molecule has 0 bridgehead atoms. The number of nitrogens with two attached hydrogens (primary N) is 1. The highest BCUT2D eigenvalue weighted by Gasteiger charge is 2.17. The van der Waals surface area contributed by atoms with E-state index in [1.54, 1.807) is 6.20 Å². The number of hydrogen-bond acceptors (Lipinski definition) is 3. The highest BCUT2D eigenvalue weighted by molar-refractivity contribution is 5.10. The van der Waals surface area contributed by atoms with Gasteiger partial charge in [-0.15, -0.1) is 0 Å². The third-order valence-corrected chi connectivity index (χ3v) is 2.30. The van der Waals surface area contributed by atoms with Gasteiger partial charge in [0, 0.05) is 18.4 Å². The first-order valence-corrected chi connectivity index (χ1v) is 5.36. The molecule has 0 fully saturated rings. The van der Waals surface area contributed by atoms with Crippen LogP contribution in [0.4, 0.5) is 0 Å². The molecule has 3 N–H and O–H groups in total. The fraction of sp³-hybridized carbons (Fsp3) is 0.583. The summed E-state index contributed by atoms with van der Waals surface area (Å²) in [6.07, 6.45) is 5.67. The monoisotopic (exact) mass is 207 g/mol. The lowest BCUT2D eigenvalue weighted by molar-refractivity contribution is 0.308. The van der Waals surface area contributed by atoms with Gasteiger partial charge in [-0.1, -0.05) is 26.8 Å². The molecule has 0 aromatic carbocycles. The van der Waals surface area contributed by atoms with E-state index in [1.807, 2.05) is 12.3 Å². The van der Waals surface area contributed by atoms with Gasteiger partial charge < -0.3 is 0 Å². The van der Waals surface area contributed by atoms with Crippen molar-refractivity contribution >= 4 is 0 Å². The number of hydrogen-bond donors (Lipinski definition) is 2. The van der Waals surface area contributed by atoms with Crippen LogP contribution in [-0.2, 0) is 6.42 Å². The van der Waals surface area contributed by atoms with Gasteiger partial charge in [0.1, 0.15) is 0 Å². The number of nitrogens with zero attached hydrogens (tertiary/aromatic N) is 1. The van der Waals surface area contributed by atoms with Crippen LogP contribution in [0.15, 0.2) is 24.5 Å². The zero-order chi connectivity index (χ0) is 11.3. The first-order valence-electron chi connectivity index (χ1n) is 5.36. The third-order valence-electron chi connectivity index (χ3n) is 2.30. The summed E-state index contributed by atoms with van der Waals surface area (Å²) in [7, 11) is 0. The van der Waals surface area contributed by atoms with E-state index in [0.29, 0.717) is 11.5 Å². The molecule has 1 atom stereocenters. The maximum Gasteiger partial charge on any atom is 0.0300 e. The molecular weight excluding hydrogens is 186 g/mol. The lowest BCUT2D eigenvalue weighted by atomic mass is 9.86. The minimum absolute atomic E-state index is 0.291. The van der Waals surface area contributed by atoms with Gasteiger partial charge in [0.25, 0.3) is 0 Å². The van der Waals surface area contributed by atoms with Gasteiger partial charge in [0.2, 0.25) is 0 Å². The summed E-state index contributed by atoms with van der Waals surface area (Å²) in [5.74, 6) is 5.56. The predicted octanol–water partition coefficient (Wildman–Crippen LogP) is 1.89. The topological polar surface area (TPSA) is 50.9 Å². The Balaban J connectivity index is 2.55. The van der Waals surface area contributed by atoms with E-state index in [0.717, 1.165) is 12.8 Å². The van der Waals surface area contributed by atoms with Crippen molar-refractivity contribution in [1.29, 1.82) is 0 Å². The smallest absolute Gasteiger partial charge is 0.0300 e. The molecule has 0 saturated heterocycles. The van der Waals surface area contributed by atoms with Crippen LogP contribution in [0.2, 0.25) is 0 Å². The second-order valence-corrected chi connectivity index (χ2v) is 5.19. The van der Waals surface area contributed by atoms with Crippen LogP contribution >= 0.6 is 0 Å². The van der Waals surface area contributed by atoms with Crippen LogP contribution in [0, 0.1) is 5.41 Å². The van der Waals surface area contributed by atoms with E-state index < -0.39 is 0 Å². The van der Waals surface area contributed by atoms with Crippen molar-refractivity contribution in [2.24, 2.45) is 11.3 Å². The zero-order valence-electron chi connectivity index (χ0n) is 9.83. The standard InChI is InChI=1S/C12H21N3/c1-12(2,3)8-11(15-13)7-10-5-4-6-14-9-10/h4-6,9,11,15H,7-8,13H2,1-3H3. The maximum atomic E-state index is 5.56. The Morgan fingerprint density at radius 2 is 2.20 bits per heavy atom. The summed E-state index contributed by atoms with van der Waals surface area (Å²) in [4.78, 5) is 4.10. The Morgan fingerprint density at radius 3 is 2.67 bits per heavy atom. The van der Waals surface area contributed by atoms with Crippen LogP contribution in [0.25, 0.3) is 0 Å². The van der Waals surface area contributed by atoms with Crippen molar-refractivity contribution in [3.63, 3.8) is 0 Å². The molecule has 1 aromatic heterocycles. The Hall–Kier alpha value is -0.930. The van der Waals surface area contributed by atoms with Crippen molar-refractivity contribution in [3.8, 4) is 0 Å². The Bertz CT molecular complexity index is 277. The Morgan fingerprint density at radius 1 is 1.47 bits per heavy atom. The summed E-state index contributed by atoms with van der Waals surface area (Å²) < 4.78 is 0. The molecule has 3 nitrogen and oxygen atoms in total. The van der Waals surface area contributed by atoms with Crippen LogP contribution in [-0.4, -0.2) is 11.0 Å². The molecule has 3 heteroatoms. The largest absolute Gasteiger partial charge is 0.271 e. The fourth-order valence-electron chi connectivity index (χ4n) is 1.73. The van der Waals surface area contributed by atoms with Crippen molar-refractivity contribution in [2.75, 3.05) is 0 Å². The average molecular weight is 207 g/mol. The van der Waals surface area contributed by atoms with Crippen molar-refractivity contribution in [2.45, 2.75) is 39.7 Å². The number of nitrogens with one attached hydrogen (secondary N) is 1. The summed E-state index contributed by atoms with van der Waals surface area (Å²) >= 11 is 0. The van der Waals surface area contributed by atoms with E-state index >= 15 is 0 Å². The number of pyridine rings is 1. The zero-order valence-corrected chi connectivity index (χ0v) is 9.83. The number of aromatic nitrogens is 1. The van der Waals surface area contributed by atoms with E-state index in [2.05, 4.69) is 37.2 Å². The predicted molar refractivity (Wildman–Crippen MR) is 63.1 cm³/mol. The number of rotatable bonds is 4. The van der Waals surface area contributed by atoms with Gasteiger partial charge in [-0.3, -0.25) is 16.3 Å². The fourth-order valence-corrected chi connectivity index (χ4v) is 1.73. The third kappa shape index (κ3) is 4.91. The first-order chi connectivity index (χ1) is 7.01. The van der Waals surface area contributed by atoms with Crippen LogP contribution in [0.1, 0.15) is 32.8 Å². The summed E-state index contributed by atoms with van der Waals surface area (Å²) in [5, 5.41) is 0. The Kier molecular flexibility index (Phi) is 4.24. The molecule has 0 aliphatic rings. The first kappa shape index (κ1) is 12.1. The molecular formula is C12H21N3. The summed E-state index contributed by atoms with van der Waals surface area (Å²) in [5.41, 5.74) is 4.40. The minimum Gasteiger partial charge on any atom is -0.271 e. The minimum atomic E-state index is 0.291. The van der Waals surface area contributed by atoms with Gasteiger partial charge in [-0.05, 0) is 29.9 Å². The molecule has 84 valence electrons. The van der Waals surface area contributed by atoms with Gasteiger partial charge in [-0.2, -0.15) is 0 Å². The highest BCUT2D eigenvalue weighted by atomic mass is 15.2. The molecule has 0 spiro atoms. The van der Waals surface area contributed by atoms with Gasteiger partial charge in [0.05, 0.1) is 0 Å². The molecule has 1 unspecified atom stereocenters. The van der Waals surface area contributed by atoms with E-state index in [9.17, 15) is 0 Å². The molecule has 15 heavy (non-hydrogen) atoms. The molecule has 0 aliphatic carbocycles. The lowest BCUT2D eigenvalue weighted by Gasteiger charge is -2.25. The molecule has 0 saturated carbocycles. The van der Waals surface area contributed by atoms with Gasteiger partial charge in [-0.25, -0.2) is 0 Å². The molecule has 1 heterocycles.